The Balaban J connectivity index is 1.76. The molecule has 0 bridgehead atoms. The van der Waals surface area contributed by atoms with Crippen molar-refractivity contribution in [2.75, 3.05) is 0 Å². The van der Waals surface area contributed by atoms with Crippen LogP contribution in [0.3, 0.4) is 0 Å². The molecular weight excluding hydrogens is 276 g/mol. The van der Waals surface area contributed by atoms with Crippen LogP contribution in [-0.2, 0) is 11.3 Å². The van der Waals surface area contributed by atoms with E-state index in [0.29, 0.717) is 10.7 Å². The Morgan fingerprint density at radius 1 is 1.20 bits per heavy atom. The number of hydrogen-bond acceptors (Lipinski definition) is 3. The van der Waals surface area contributed by atoms with Gasteiger partial charge in [-0.15, -0.1) is 0 Å². The minimum absolute atomic E-state index is 0.167. The van der Waals surface area contributed by atoms with Gasteiger partial charge in [-0.2, -0.15) is 5.10 Å². The predicted octanol–water partition coefficient (Wildman–Crippen LogP) is 3.57. The van der Waals surface area contributed by atoms with Gasteiger partial charge in [0.2, 0.25) is 0 Å². The quantitative estimate of drug-likeness (QED) is 0.749. The smallest absolute Gasteiger partial charge is 0.359 e. The van der Waals surface area contributed by atoms with Crippen LogP contribution in [0.4, 0.5) is 0 Å². The molecule has 0 fully saturated rings. The van der Waals surface area contributed by atoms with Crippen molar-refractivity contribution in [3.63, 3.8) is 0 Å². The van der Waals surface area contributed by atoms with Gasteiger partial charge in [-0.3, -0.25) is 5.10 Å². The minimum atomic E-state index is -0.456. The maximum Gasteiger partial charge on any atom is 0.359 e. The second-order valence-corrected chi connectivity index (χ2v) is 4.76. The van der Waals surface area contributed by atoms with Crippen LogP contribution in [0.15, 0.2) is 48.5 Å². The Morgan fingerprint density at radius 2 is 2.05 bits per heavy atom. The summed E-state index contributed by atoms with van der Waals surface area (Å²) < 4.78 is 5.26. The van der Waals surface area contributed by atoms with Crippen LogP contribution in [0.2, 0.25) is 5.02 Å². The second kappa shape index (κ2) is 5.35. The molecule has 0 spiro atoms. The van der Waals surface area contributed by atoms with E-state index in [0.717, 1.165) is 16.5 Å². The maximum atomic E-state index is 12.0. The Labute approximate surface area is 120 Å². The van der Waals surface area contributed by atoms with Crippen LogP contribution in [0.25, 0.3) is 10.9 Å². The molecule has 0 unspecified atom stereocenters. The Morgan fingerprint density at radius 3 is 2.90 bits per heavy atom. The summed E-state index contributed by atoms with van der Waals surface area (Å²) >= 11 is 5.88. The standard InChI is InChI=1S/C15H11ClN2O2/c16-11-5-3-4-10(8-11)9-20-15(19)14-12-6-1-2-7-13(12)17-18-14/h1-8H,9H2,(H,17,18). The average molecular weight is 287 g/mol. The van der Waals surface area contributed by atoms with E-state index in [1.807, 2.05) is 36.4 Å². The SMILES string of the molecule is O=C(OCc1cccc(Cl)c1)c1n[nH]c2ccccc12. The van der Waals surface area contributed by atoms with Gasteiger partial charge >= 0.3 is 5.97 Å². The molecule has 1 aromatic heterocycles. The highest BCUT2D eigenvalue weighted by molar-refractivity contribution is 6.30. The van der Waals surface area contributed by atoms with Gasteiger partial charge in [-0.25, -0.2) is 4.79 Å². The summed E-state index contributed by atoms with van der Waals surface area (Å²) in [4.78, 5) is 12.0. The zero-order chi connectivity index (χ0) is 13.9. The largest absolute Gasteiger partial charge is 0.456 e. The van der Waals surface area contributed by atoms with Crippen molar-refractivity contribution in [1.29, 1.82) is 0 Å². The Bertz CT molecular complexity index is 767. The zero-order valence-corrected chi connectivity index (χ0v) is 11.2. The van der Waals surface area contributed by atoms with Crippen LogP contribution in [-0.4, -0.2) is 16.2 Å². The zero-order valence-electron chi connectivity index (χ0n) is 10.5. The number of hydrogen-bond donors (Lipinski definition) is 1. The summed E-state index contributed by atoms with van der Waals surface area (Å²) in [7, 11) is 0. The number of benzene rings is 2. The molecule has 2 aromatic carbocycles. The summed E-state index contributed by atoms with van der Waals surface area (Å²) in [6.45, 7) is 0.167. The lowest BCUT2D eigenvalue weighted by atomic mass is 10.2. The number of aromatic nitrogens is 2. The lowest BCUT2D eigenvalue weighted by Crippen LogP contribution is -2.06. The summed E-state index contributed by atoms with van der Waals surface area (Å²) in [6.07, 6.45) is 0. The van der Waals surface area contributed by atoms with Crippen molar-refractivity contribution in [2.45, 2.75) is 6.61 Å². The number of carbonyl (C=O) groups excluding carboxylic acids is 1. The molecule has 1 N–H and O–H groups in total. The third kappa shape index (κ3) is 2.51. The van der Waals surface area contributed by atoms with E-state index in [4.69, 9.17) is 16.3 Å². The van der Waals surface area contributed by atoms with Gasteiger partial charge in [0.05, 0.1) is 5.52 Å². The van der Waals surface area contributed by atoms with Gasteiger partial charge in [0.1, 0.15) is 6.61 Å². The molecule has 0 aliphatic heterocycles. The molecule has 1 heterocycles. The van der Waals surface area contributed by atoms with Gasteiger partial charge in [0, 0.05) is 10.4 Å². The highest BCUT2D eigenvalue weighted by Gasteiger charge is 2.15. The van der Waals surface area contributed by atoms with E-state index in [-0.39, 0.29) is 6.61 Å². The molecule has 3 aromatic rings. The van der Waals surface area contributed by atoms with Gasteiger partial charge in [-0.05, 0) is 23.8 Å². The van der Waals surface area contributed by atoms with Crippen LogP contribution in [0.5, 0.6) is 0 Å². The number of halogens is 1. The van der Waals surface area contributed by atoms with Crippen molar-refractivity contribution < 1.29 is 9.53 Å². The van der Waals surface area contributed by atoms with Gasteiger partial charge in [0.15, 0.2) is 5.69 Å². The topological polar surface area (TPSA) is 55.0 Å². The number of nitrogens with one attached hydrogen (secondary N) is 1. The molecule has 4 nitrogen and oxygen atoms in total. The third-order valence-electron chi connectivity index (χ3n) is 2.92. The molecule has 0 aliphatic rings. The molecule has 100 valence electrons. The number of ether oxygens (including phenoxy) is 1. The summed E-state index contributed by atoms with van der Waals surface area (Å²) in [5.41, 5.74) is 1.94. The highest BCUT2D eigenvalue weighted by Crippen LogP contribution is 2.17. The number of carbonyl (C=O) groups is 1. The maximum absolute atomic E-state index is 12.0. The summed E-state index contributed by atoms with van der Waals surface area (Å²) in [5, 5.41) is 8.17. The number of rotatable bonds is 3. The first-order valence-corrected chi connectivity index (χ1v) is 6.46. The van der Waals surface area contributed by atoms with Crippen molar-refractivity contribution in [2.24, 2.45) is 0 Å². The van der Waals surface area contributed by atoms with E-state index in [1.54, 1.807) is 12.1 Å². The first kappa shape index (κ1) is 12.7. The Kier molecular flexibility index (Phi) is 3.39. The van der Waals surface area contributed by atoms with Gasteiger partial charge in [0.25, 0.3) is 0 Å². The molecule has 0 amide bonds. The lowest BCUT2D eigenvalue weighted by molar-refractivity contribution is 0.0468. The van der Waals surface area contributed by atoms with Crippen molar-refractivity contribution in [1.82, 2.24) is 10.2 Å². The molecule has 0 radical (unpaired) electrons. The lowest BCUT2D eigenvalue weighted by Gasteiger charge is -2.03. The van der Waals surface area contributed by atoms with E-state index in [9.17, 15) is 4.79 Å². The number of para-hydroxylation sites is 1. The normalized spacial score (nSPS) is 10.7. The first-order valence-electron chi connectivity index (χ1n) is 6.09. The van der Waals surface area contributed by atoms with E-state index in [2.05, 4.69) is 10.2 Å². The van der Waals surface area contributed by atoms with Crippen LogP contribution < -0.4 is 0 Å². The average Bonchev–Trinajstić information content (AvgIpc) is 2.89. The second-order valence-electron chi connectivity index (χ2n) is 4.32. The number of fused-ring (bicyclic) bond motifs is 1. The fourth-order valence-corrected chi connectivity index (χ4v) is 2.18. The number of nitrogens with zero attached hydrogens (tertiary/aromatic N) is 1. The molecule has 0 aliphatic carbocycles. The molecule has 0 saturated heterocycles. The van der Waals surface area contributed by atoms with E-state index in [1.165, 1.54) is 0 Å². The van der Waals surface area contributed by atoms with Crippen molar-refractivity contribution in [3.8, 4) is 0 Å². The fraction of sp³-hybridized carbons (Fsp3) is 0.0667. The predicted molar refractivity (Wildman–Crippen MR) is 76.7 cm³/mol. The number of esters is 1. The highest BCUT2D eigenvalue weighted by atomic mass is 35.5. The van der Waals surface area contributed by atoms with Crippen LogP contribution in [0.1, 0.15) is 16.1 Å². The van der Waals surface area contributed by atoms with E-state index < -0.39 is 5.97 Å². The number of aromatic amines is 1. The molecular formula is C15H11ClN2O2. The van der Waals surface area contributed by atoms with Crippen molar-refractivity contribution >= 4 is 28.5 Å². The van der Waals surface area contributed by atoms with Crippen LogP contribution in [0, 0.1) is 0 Å². The Hall–Kier alpha value is -2.33. The molecule has 3 rings (SSSR count). The molecule has 0 atom stereocenters. The fourth-order valence-electron chi connectivity index (χ4n) is 1.96. The van der Waals surface area contributed by atoms with Crippen LogP contribution >= 0.6 is 11.6 Å². The summed E-state index contributed by atoms with van der Waals surface area (Å²) in [6, 6.07) is 14.6. The number of H-pyrrole nitrogens is 1. The summed E-state index contributed by atoms with van der Waals surface area (Å²) in [5.74, 6) is -0.456. The first-order chi connectivity index (χ1) is 9.74. The minimum Gasteiger partial charge on any atom is -0.456 e. The molecule has 5 heteroatoms. The van der Waals surface area contributed by atoms with Gasteiger partial charge in [-0.1, -0.05) is 41.9 Å². The van der Waals surface area contributed by atoms with E-state index >= 15 is 0 Å². The monoisotopic (exact) mass is 286 g/mol. The molecule has 20 heavy (non-hydrogen) atoms. The molecule has 0 saturated carbocycles. The third-order valence-corrected chi connectivity index (χ3v) is 3.16. The van der Waals surface area contributed by atoms with Crippen molar-refractivity contribution in [3.05, 3.63) is 64.8 Å². The van der Waals surface area contributed by atoms with Gasteiger partial charge < -0.3 is 4.74 Å².